The topological polar surface area (TPSA) is 72.2 Å². The number of nitrogens with one attached hydrogen (secondary N) is 1. The maximum Gasteiger partial charge on any atom is 0.262 e. The van der Waals surface area contributed by atoms with Gasteiger partial charge in [-0.2, -0.15) is 0 Å². The zero-order valence-electron chi connectivity index (χ0n) is 10.6. The number of hydrogen-bond donors (Lipinski definition) is 2. The highest BCUT2D eigenvalue weighted by atomic mass is 79.9. The molecule has 0 spiro atoms. The fourth-order valence-electron chi connectivity index (χ4n) is 1.72. The van der Waals surface area contributed by atoms with Gasteiger partial charge in [-0.15, -0.1) is 0 Å². The van der Waals surface area contributed by atoms with Crippen molar-refractivity contribution in [1.82, 2.24) is 0 Å². The largest absolute Gasteiger partial charge is 0.326 e. The lowest BCUT2D eigenvalue weighted by molar-refractivity contribution is 0.593. The Morgan fingerprint density at radius 1 is 1.24 bits per heavy atom. The molecule has 8 heteroatoms. The standard InChI is InChI=1S/C13H11BrClFN2O2S/c14-11-5-9(15)2-4-12(11)18-21(19,20)13-6-10(16)3-1-8(13)7-17/h1-6,18H,7,17H2. The Labute approximate surface area is 135 Å². The lowest BCUT2D eigenvalue weighted by Crippen LogP contribution is -2.17. The summed E-state index contributed by atoms with van der Waals surface area (Å²) >= 11 is 9.01. The maximum atomic E-state index is 13.3. The molecule has 0 amide bonds. The molecule has 0 aliphatic carbocycles. The third-order valence-corrected chi connectivity index (χ3v) is 5.05. The zero-order chi connectivity index (χ0) is 15.6. The Bertz CT molecular complexity index is 784. The van der Waals surface area contributed by atoms with Crippen LogP contribution in [-0.4, -0.2) is 8.42 Å². The van der Waals surface area contributed by atoms with Crippen LogP contribution in [-0.2, 0) is 16.6 Å². The Balaban J connectivity index is 2.45. The molecule has 0 heterocycles. The highest BCUT2D eigenvalue weighted by Gasteiger charge is 2.20. The Hall–Kier alpha value is -1.15. The smallest absolute Gasteiger partial charge is 0.262 e. The van der Waals surface area contributed by atoms with Gasteiger partial charge in [-0.3, -0.25) is 4.72 Å². The molecule has 3 N–H and O–H groups in total. The summed E-state index contributed by atoms with van der Waals surface area (Å²) in [6.07, 6.45) is 0. The molecule has 0 saturated heterocycles. The summed E-state index contributed by atoms with van der Waals surface area (Å²) in [5.74, 6) is -0.650. The number of halogens is 3. The van der Waals surface area contributed by atoms with Crippen molar-refractivity contribution in [2.45, 2.75) is 11.4 Å². The van der Waals surface area contributed by atoms with Crippen molar-refractivity contribution in [1.29, 1.82) is 0 Å². The zero-order valence-corrected chi connectivity index (χ0v) is 13.8. The SMILES string of the molecule is NCc1ccc(F)cc1S(=O)(=O)Nc1ccc(Cl)cc1Br. The number of anilines is 1. The molecule has 21 heavy (non-hydrogen) atoms. The van der Waals surface area contributed by atoms with Gasteiger partial charge >= 0.3 is 0 Å². The normalized spacial score (nSPS) is 11.4. The predicted molar refractivity (Wildman–Crippen MR) is 84.3 cm³/mol. The number of rotatable bonds is 4. The molecule has 4 nitrogen and oxygen atoms in total. The van der Waals surface area contributed by atoms with E-state index in [9.17, 15) is 12.8 Å². The van der Waals surface area contributed by atoms with E-state index < -0.39 is 15.8 Å². The molecule has 2 rings (SSSR count). The summed E-state index contributed by atoms with van der Waals surface area (Å²) < 4.78 is 40.9. The molecule has 0 aliphatic rings. The van der Waals surface area contributed by atoms with Gasteiger partial charge in [0, 0.05) is 16.0 Å². The second-order valence-corrected chi connectivity index (χ2v) is 7.13. The molecular weight excluding hydrogens is 383 g/mol. The molecular formula is C13H11BrClFN2O2S. The highest BCUT2D eigenvalue weighted by molar-refractivity contribution is 9.10. The fraction of sp³-hybridized carbons (Fsp3) is 0.0769. The van der Waals surface area contributed by atoms with Gasteiger partial charge in [0.15, 0.2) is 0 Å². The van der Waals surface area contributed by atoms with Crippen LogP contribution in [0.25, 0.3) is 0 Å². The van der Waals surface area contributed by atoms with Crippen molar-refractivity contribution in [3.8, 4) is 0 Å². The van der Waals surface area contributed by atoms with E-state index in [2.05, 4.69) is 20.7 Å². The molecule has 0 aromatic heterocycles. The molecule has 0 bridgehead atoms. The second kappa shape index (κ2) is 6.31. The van der Waals surface area contributed by atoms with Crippen LogP contribution >= 0.6 is 27.5 Å². The third kappa shape index (κ3) is 3.74. The van der Waals surface area contributed by atoms with Crippen LogP contribution in [0, 0.1) is 5.82 Å². The fourth-order valence-corrected chi connectivity index (χ4v) is 3.97. The van der Waals surface area contributed by atoms with Crippen molar-refractivity contribution < 1.29 is 12.8 Å². The Morgan fingerprint density at radius 2 is 1.95 bits per heavy atom. The van der Waals surface area contributed by atoms with Crippen LogP contribution in [0.15, 0.2) is 45.8 Å². The number of sulfonamides is 1. The molecule has 0 fully saturated rings. The minimum Gasteiger partial charge on any atom is -0.326 e. The van der Waals surface area contributed by atoms with E-state index in [1.54, 1.807) is 12.1 Å². The molecule has 0 unspecified atom stereocenters. The molecule has 0 atom stereocenters. The van der Waals surface area contributed by atoms with Gasteiger partial charge in [0.2, 0.25) is 0 Å². The van der Waals surface area contributed by atoms with E-state index in [1.165, 1.54) is 18.2 Å². The summed E-state index contributed by atoms with van der Waals surface area (Å²) in [5.41, 5.74) is 6.12. The predicted octanol–water partition coefficient (Wildman–Crippen LogP) is 3.50. The van der Waals surface area contributed by atoms with Gasteiger partial charge in [0.05, 0.1) is 10.6 Å². The average molecular weight is 394 g/mol. The Kier molecular flexibility index (Phi) is 4.88. The van der Waals surface area contributed by atoms with Gasteiger partial charge in [-0.1, -0.05) is 17.7 Å². The van der Waals surface area contributed by atoms with Crippen LogP contribution in [0.5, 0.6) is 0 Å². The third-order valence-electron chi connectivity index (χ3n) is 2.71. The van der Waals surface area contributed by atoms with Gasteiger partial charge < -0.3 is 5.73 Å². The van der Waals surface area contributed by atoms with E-state index in [-0.39, 0.29) is 11.4 Å². The number of hydrogen-bond acceptors (Lipinski definition) is 3. The van der Waals surface area contributed by atoms with Crippen molar-refractivity contribution in [2.24, 2.45) is 5.73 Å². The van der Waals surface area contributed by atoms with E-state index in [4.69, 9.17) is 17.3 Å². The second-order valence-electron chi connectivity index (χ2n) is 4.19. The summed E-state index contributed by atoms with van der Waals surface area (Å²) in [4.78, 5) is -0.188. The molecule has 0 saturated carbocycles. The summed E-state index contributed by atoms with van der Waals surface area (Å²) in [7, 11) is -3.96. The first-order valence-electron chi connectivity index (χ1n) is 5.80. The van der Waals surface area contributed by atoms with Crippen LogP contribution in [0.4, 0.5) is 10.1 Å². The van der Waals surface area contributed by atoms with Crippen LogP contribution < -0.4 is 10.5 Å². The van der Waals surface area contributed by atoms with Gasteiger partial charge in [0.25, 0.3) is 10.0 Å². The van der Waals surface area contributed by atoms with Gasteiger partial charge in [0.1, 0.15) is 5.82 Å². The number of nitrogens with two attached hydrogens (primary N) is 1. The van der Waals surface area contributed by atoms with Crippen molar-refractivity contribution >= 4 is 43.2 Å². The molecule has 112 valence electrons. The monoisotopic (exact) mass is 392 g/mol. The van der Waals surface area contributed by atoms with Crippen LogP contribution in [0.1, 0.15) is 5.56 Å². The maximum absolute atomic E-state index is 13.3. The first kappa shape index (κ1) is 16.2. The quantitative estimate of drug-likeness (QED) is 0.835. The van der Waals surface area contributed by atoms with E-state index in [0.717, 1.165) is 6.07 Å². The summed E-state index contributed by atoms with van der Waals surface area (Å²) in [6.45, 7) is -0.0156. The summed E-state index contributed by atoms with van der Waals surface area (Å²) in [5, 5.41) is 0.457. The molecule has 2 aromatic carbocycles. The Morgan fingerprint density at radius 3 is 2.57 bits per heavy atom. The van der Waals surface area contributed by atoms with E-state index in [1.807, 2.05) is 0 Å². The molecule has 0 radical (unpaired) electrons. The van der Waals surface area contributed by atoms with Crippen molar-refractivity contribution in [3.63, 3.8) is 0 Å². The van der Waals surface area contributed by atoms with Gasteiger partial charge in [-0.05, 0) is 51.8 Å². The van der Waals surface area contributed by atoms with Gasteiger partial charge in [-0.25, -0.2) is 12.8 Å². The lowest BCUT2D eigenvalue weighted by Gasteiger charge is -2.13. The minimum atomic E-state index is -3.96. The average Bonchev–Trinajstić information content (AvgIpc) is 2.42. The van der Waals surface area contributed by atoms with E-state index in [0.29, 0.717) is 20.7 Å². The van der Waals surface area contributed by atoms with Crippen molar-refractivity contribution in [2.75, 3.05) is 4.72 Å². The summed E-state index contributed by atoms with van der Waals surface area (Å²) in [6, 6.07) is 8.05. The van der Waals surface area contributed by atoms with E-state index >= 15 is 0 Å². The van der Waals surface area contributed by atoms with Crippen LogP contribution in [0.3, 0.4) is 0 Å². The van der Waals surface area contributed by atoms with Crippen LogP contribution in [0.2, 0.25) is 5.02 Å². The number of benzene rings is 2. The lowest BCUT2D eigenvalue weighted by atomic mass is 10.2. The first-order valence-corrected chi connectivity index (χ1v) is 8.45. The van der Waals surface area contributed by atoms with Crippen molar-refractivity contribution in [3.05, 3.63) is 57.3 Å². The highest BCUT2D eigenvalue weighted by Crippen LogP contribution is 2.28. The molecule has 0 aliphatic heterocycles. The molecule has 2 aromatic rings. The first-order chi connectivity index (χ1) is 9.83. The minimum absolute atomic E-state index is 0.0156.